The van der Waals surface area contributed by atoms with E-state index in [2.05, 4.69) is 26.9 Å². The van der Waals surface area contributed by atoms with Gasteiger partial charge in [-0.3, -0.25) is 9.59 Å². The van der Waals surface area contributed by atoms with Crippen molar-refractivity contribution in [3.63, 3.8) is 0 Å². The lowest BCUT2D eigenvalue weighted by Crippen LogP contribution is -2.34. The van der Waals surface area contributed by atoms with Crippen LogP contribution in [0.5, 0.6) is 0 Å². The van der Waals surface area contributed by atoms with Crippen molar-refractivity contribution < 1.29 is 18.0 Å². The highest BCUT2D eigenvalue weighted by Gasteiger charge is 2.29. The minimum absolute atomic E-state index is 0.190. The van der Waals surface area contributed by atoms with E-state index in [1.807, 2.05) is 13.8 Å². The van der Waals surface area contributed by atoms with Crippen LogP contribution in [0.2, 0.25) is 0 Å². The molecule has 2 heterocycles. The van der Waals surface area contributed by atoms with E-state index in [4.69, 9.17) is 0 Å². The number of amides is 1. The summed E-state index contributed by atoms with van der Waals surface area (Å²) in [5.41, 5.74) is 1.71. The van der Waals surface area contributed by atoms with E-state index in [9.17, 15) is 28.0 Å². The number of hydrogen-bond acceptors (Lipinski definition) is 6. The number of alkyl halides is 3. The van der Waals surface area contributed by atoms with Crippen LogP contribution in [0.1, 0.15) is 35.3 Å². The van der Waals surface area contributed by atoms with E-state index < -0.39 is 29.8 Å². The fourth-order valence-electron chi connectivity index (χ4n) is 4.31. The summed E-state index contributed by atoms with van der Waals surface area (Å²) in [7, 11) is 1.77. The summed E-state index contributed by atoms with van der Waals surface area (Å²) in [6.07, 6.45) is -1.98. The van der Waals surface area contributed by atoms with Gasteiger partial charge in [-0.25, -0.2) is 0 Å². The first kappa shape index (κ1) is 29.2. The number of nitriles is 1. The van der Waals surface area contributed by atoms with E-state index in [0.717, 1.165) is 6.20 Å². The van der Waals surface area contributed by atoms with Crippen LogP contribution in [0.3, 0.4) is 0 Å². The number of benzene rings is 2. The molecule has 0 atom stereocenters. The zero-order valence-corrected chi connectivity index (χ0v) is 22.7. The molecule has 0 saturated carbocycles. The lowest BCUT2D eigenvalue weighted by atomic mass is 9.96. The zero-order chi connectivity index (χ0) is 29.7. The molecule has 2 N–H and O–H groups in total. The van der Waals surface area contributed by atoms with Gasteiger partial charge in [0.1, 0.15) is 18.4 Å². The lowest BCUT2D eigenvalue weighted by molar-refractivity contribution is -0.141. The van der Waals surface area contributed by atoms with Crippen molar-refractivity contribution >= 4 is 11.6 Å². The van der Waals surface area contributed by atoms with Crippen LogP contribution in [-0.2, 0) is 20.1 Å². The van der Waals surface area contributed by atoms with E-state index in [1.54, 1.807) is 54.1 Å². The first-order valence-electron chi connectivity index (χ1n) is 12.8. The zero-order valence-electron chi connectivity index (χ0n) is 22.7. The molecular weight excluding hydrogens is 535 g/mol. The highest BCUT2D eigenvalue weighted by Crippen LogP contribution is 2.33. The fourth-order valence-corrected chi connectivity index (χ4v) is 4.31. The predicted molar refractivity (Wildman–Crippen MR) is 148 cm³/mol. The quantitative estimate of drug-likeness (QED) is 0.304. The molecule has 0 spiro atoms. The van der Waals surface area contributed by atoms with E-state index in [0.29, 0.717) is 56.4 Å². The Morgan fingerprint density at radius 2 is 1.90 bits per heavy atom. The number of carbonyl (C=O) groups is 1. The second-order valence-corrected chi connectivity index (χ2v) is 10.0. The molecule has 0 aliphatic heterocycles. The Kier molecular flexibility index (Phi) is 8.68. The Hall–Kier alpha value is -4.76. The van der Waals surface area contributed by atoms with Gasteiger partial charge in [-0.2, -0.15) is 18.4 Å². The van der Waals surface area contributed by atoms with Gasteiger partial charge in [0.15, 0.2) is 5.82 Å². The fraction of sp³-hybridized carbons (Fsp3) is 0.276. The van der Waals surface area contributed by atoms with Crippen LogP contribution < -0.4 is 16.2 Å². The Morgan fingerprint density at radius 3 is 2.56 bits per heavy atom. The molecule has 41 heavy (non-hydrogen) atoms. The van der Waals surface area contributed by atoms with Crippen LogP contribution >= 0.6 is 0 Å². The van der Waals surface area contributed by atoms with Gasteiger partial charge >= 0.3 is 6.18 Å². The molecule has 9 nitrogen and oxygen atoms in total. The predicted octanol–water partition coefficient (Wildman–Crippen LogP) is 4.74. The van der Waals surface area contributed by atoms with Crippen molar-refractivity contribution in [2.45, 2.75) is 33.1 Å². The van der Waals surface area contributed by atoms with Crippen LogP contribution in [0.15, 0.2) is 65.8 Å². The largest absolute Gasteiger partial charge is 0.406 e. The van der Waals surface area contributed by atoms with E-state index in [1.165, 1.54) is 12.4 Å². The van der Waals surface area contributed by atoms with E-state index >= 15 is 0 Å². The summed E-state index contributed by atoms with van der Waals surface area (Å²) in [6.45, 7) is 3.26. The van der Waals surface area contributed by atoms with Crippen molar-refractivity contribution in [3.8, 4) is 28.6 Å². The molecule has 12 heteroatoms. The molecule has 1 amide bonds. The number of nitrogens with one attached hydrogen (secondary N) is 2. The van der Waals surface area contributed by atoms with Gasteiger partial charge in [0, 0.05) is 31.0 Å². The molecule has 0 unspecified atom stereocenters. The Morgan fingerprint density at radius 1 is 1.12 bits per heavy atom. The SMILES string of the molecule is CC(C)CNCc1cc(C(=O)Nc2cccc(-c3ccc(C#N)cc3-c3nncn3C)c2)c(=O)n(CC(F)(F)F)c1. The Bertz CT molecular complexity index is 1670. The normalized spacial score (nSPS) is 11.5. The van der Waals surface area contributed by atoms with Crippen molar-refractivity contribution in [1.82, 2.24) is 24.6 Å². The standard InChI is InChI=1S/C29H28F3N7O2/c1-18(2)13-34-14-20-10-25(28(41)39(15-20)16-29(30,31)32)27(40)36-22-6-4-5-21(11-22)23-8-7-19(12-33)9-24(23)26-37-35-17-38(26)3/h4-11,15,17-18,34H,13-14,16H2,1-3H3,(H,36,40). The third kappa shape index (κ3) is 7.26. The molecule has 2 aromatic heterocycles. The monoisotopic (exact) mass is 563 g/mol. The summed E-state index contributed by atoms with van der Waals surface area (Å²) in [5.74, 6) is -0.00167. The smallest absolute Gasteiger partial charge is 0.322 e. The molecule has 0 aliphatic carbocycles. The van der Waals surface area contributed by atoms with Crippen molar-refractivity contribution in [2.24, 2.45) is 13.0 Å². The minimum atomic E-state index is -4.64. The summed E-state index contributed by atoms with van der Waals surface area (Å²) in [5, 5.41) is 23.2. The van der Waals surface area contributed by atoms with Crippen molar-refractivity contribution in [3.05, 3.63) is 88.1 Å². The minimum Gasteiger partial charge on any atom is -0.322 e. The number of carbonyl (C=O) groups excluding carboxylic acids is 1. The van der Waals surface area contributed by atoms with Crippen molar-refractivity contribution in [1.29, 1.82) is 5.26 Å². The number of aromatic nitrogens is 4. The average molecular weight is 564 g/mol. The number of rotatable bonds is 9. The average Bonchev–Trinajstić information content (AvgIpc) is 3.34. The lowest BCUT2D eigenvalue weighted by Gasteiger charge is -2.15. The molecule has 0 saturated heterocycles. The Balaban J connectivity index is 1.68. The van der Waals surface area contributed by atoms with Crippen molar-refractivity contribution in [2.75, 3.05) is 11.9 Å². The first-order valence-corrected chi connectivity index (χ1v) is 12.8. The summed E-state index contributed by atoms with van der Waals surface area (Å²) in [6, 6.07) is 15.3. The third-order valence-corrected chi connectivity index (χ3v) is 6.15. The van der Waals surface area contributed by atoms with Gasteiger partial charge in [0.05, 0.1) is 11.6 Å². The highest BCUT2D eigenvalue weighted by molar-refractivity contribution is 6.04. The third-order valence-electron chi connectivity index (χ3n) is 6.15. The number of anilines is 1. The molecule has 2 aromatic carbocycles. The van der Waals surface area contributed by atoms with Gasteiger partial charge < -0.3 is 19.8 Å². The number of nitrogens with zero attached hydrogens (tertiary/aromatic N) is 5. The molecule has 0 fully saturated rings. The second-order valence-electron chi connectivity index (χ2n) is 10.0. The topological polar surface area (TPSA) is 118 Å². The summed E-state index contributed by atoms with van der Waals surface area (Å²) >= 11 is 0. The number of aryl methyl sites for hydroxylation is 1. The maximum atomic E-state index is 13.2. The maximum Gasteiger partial charge on any atom is 0.406 e. The second kappa shape index (κ2) is 12.2. The molecule has 4 aromatic rings. The van der Waals surface area contributed by atoms with Gasteiger partial charge in [-0.05, 0) is 59.5 Å². The molecular formula is C29H28F3N7O2. The van der Waals surface area contributed by atoms with E-state index in [-0.39, 0.29) is 6.54 Å². The van der Waals surface area contributed by atoms with Gasteiger partial charge in [0.2, 0.25) is 0 Å². The Labute approximate surface area is 234 Å². The van der Waals surface area contributed by atoms with Crippen LogP contribution in [0.4, 0.5) is 18.9 Å². The summed E-state index contributed by atoms with van der Waals surface area (Å²) < 4.78 is 41.8. The molecule has 0 radical (unpaired) electrons. The van der Waals surface area contributed by atoms with Gasteiger partial charge in [0.25, 0.3) is 11.5 Å². The van der Waals surface area contributed by atoms with Crippen LogP contribution in [0.25, 0.3) is 22.5 Å². The van der Waals surface area contributed by atoms with Gasteiger partial charge in [-0.1, -0.05) is 32.0 Å². The first-order chi connectivity index (χ1) is 19.4. The van der Waals surface area contributed by atoms with Crippen LogP contribution in [-0.4, -0.2) is 38.0 Å². The number of pyridine rings is 1. The van der Waals surface area contributed by atoms with Crippen LogP contribution in [0, 0.1) is 17.2 Å². The molecule has 0 bridgehead atoms. The number of hydrogen-bond donors (Lipinski definition) is 2. The highest BCUT2D eigenvalue weighted by atomic mass is 19.4. The maximum absolute atomic E-state index is 13.2. The molecule has 0 aliphatic rings. The van der Waals surface area contributed by atoms with Gasteiger partial charge in [-0.15, -0.1) is 10.2 Å². The summed E-state index contributed by atoms with van der Waals surface area (Å²) in [4.78, 5) is 26.1. The molecule has 212 valence electrons. The number of halogens is 3. The molecule has 4 rings (SSSR count).